The highest BCUT2D eigenvalue weighted by Gasteiger charge is 2.30. The van der Waals surface area contributed by atoms with Crippen molar-refractivity contribution in [2.75, 3.05) is 19.8 Å². The number of hydrogen-bond donors (Lipinski definition) is 3. The van der Waals surface area contributed by atoms with Gasteiger partial charge in [0.05, 0.1) is 14.5 Å². The third kappa shape index (κ3) is 4.85. The van der Waals surface area contributed by atoms with Crippen LogP contribution in [-0.2, 0) is 4.74 Å². The molecule has 2 radical (unpaired) electrons. The number of aryl methyl sites for hydroxylation is 1. The largest absolute Gasteiger partial charge is 0.449 e. The summed E-state index contributed by atoms with van der Waals surface area (Å²) < 4.78 is 5.50. The predicted molar refractivity (Wildman–Crippen MR) is 117 cm³/mol. The molecule has 0 saturated heterocycles. The standard InChI is InChI=1S/C23H27BN2O4/c1-3-4-21(24)26-23(29)30-13-20-18-11-14(2)5-7-16(18)17-8-6-15(12-19(17)20)22(28)25-9-10-27/h5-8,11-12,20-21,27H,3-4,9-10,13H2,1-2H3,(H,25,28)(H,26,29). The number of alkyl carbamates (subject to hydrolysis) is 1. The van der Waals surface area contributed by atoms with E-state index in [1.165, 1.54) is 0 Å². The number of aliphatic hydroxyl groups is 1. The zero-order valence-electron chi connectivity index (χ0n) is 17.4. The average Bonchev–Trinajstić information content (AvgIpc) is 3.02. The van der Waals surface area contributed by atoms with Gasteiger partial charge in [-0.2, -0.15) is 0 Å². The maximum Gasteiger partial charge on any atom is 0.406 e. The van der Waals surface area contributed by atoms with Gasteiger partial charge in [0, 0.05) is 18.0 Å². The molecule has 0 fully saturated rings. The second-order valence-corrected chi connectivity index (χ2v) is 7.56. The highest BCUT2D eigenvalue weighted by Crippen LogP contribution is 2.45. The molecule has 0 heterocycles. The molecule has 6 nitrogen and oxygen atoms in total. The van der Waals surface area contributed by atoms with Crippen molar-refractivity contribution >= 4 is 19.8 Å². The fourth-order valence-electron chi connectivity index (χ4n) is 3.81. The zero-order valence-corrected chi connectivity index (χ0v) is 17.4. The van der Waals surface area contributed by atoms with Crippen LogP contribution in [-0.4, -0.2) is 50.7 Å². The second-order valence-electron chi connectivity index (χ2n) is 7.56. The lowest BCUT2D eigenvalue weighted by atomic mass is 9.92. The molecule has 2 aromatic carbocycles. The molecule has 3 N–H and O–H groups in total. The summed E-state index contributed by atoms with van der Waals surface area (Å²) >= 11 is 0. The van der Waals surface area contributed by atoms with Crippen LogP contribution in [0.5, 0.6) is 0 Å². The van der Waals surface area contributed by atoms with Gasteiger partial charge in [-0.05, 0) is 53.7 Å². The van der Waals surface area contributed by atoms with Gasteiger partial charge >= 0.3 is 6.09 Å². The van der Waals surface area contributed by atoms with E-state index in [0.29, 0.717) is 12.0 Å². The third-order valence-corrected chi connectivity index (χ3v) is 5.24. The SMILES string of the molecule is [B]C(CCC)NC(=O)OCC1c2cc(C)ccc2-c2ccc(C(=O)NCCO)cc21. The minimum atomic E-state index is -0.546. The van der Waals surface area contributed by atoms with Gasteiger partial charge in [-0.1, -0.05) is 43.2 Å². The molecule has 30 heavy (non-hydrogen) atoms. The van der Waals surface area contributed by atoms with Gasteiger partial charge < -0.3 is 20.5 Å². The number of fused-ring (bicyclic) bond motifs is 3. The van der Waals surface area contributed by atoms with Gasteiger partial charge in [-0.15, -0.1) is 0 Å². The normalized spacial score (nSPS) is 15.1. The molecule has 0 spiro atoms. The van der Waals surface area contributed by atoms with Crippen molar-refractivity contribution in [3.8, 4) is 11.1 Å². The van der Waals surface area contributed by atoms with Gasteiger partial charge in [-0.3, -0.25) is 4.79 Å². The molecule has 0 saturated carbocycles. The van der Waals surface area contributed by atoms with Crippen LogP contribution in [0.1, 0.15) is 52.7 Å². The van der Waals surface area contributed by atoms with Gasteiger partial charge in [0.1, 0.15) is 6.61 Å². The van der Waals surface area contributed by atoms with Crippen LogP contribution in [0.15, 0.2) is 36.4 Å². The van der Waals surface area contributed by atoms with E-state index in [2.05, 4.69) is 22.8 Å². The van der Waals surface area contributed by atoms with Gasteiger partial charge in [-0.25, -0.2) is 4.79 Å². The van der Waals surface area contributed by atoms with E-state index in [0.717, 1.165) is 34.2 Å². The minimum Gasteiger partial charge on any atom is -0.449 e. The smallest absolute Gasteiger partial charge is 0.406 e. The Morgan fingerprint density at radius 1 is 1.17 bits per heavy atom. The molecule has 7 heteroatoms. The molecule has 2 amide bonds. The van der Waals surface area contributed by atoms with Crippen LogP contribution in [0.25, 0.3) is 11.1 Å². The van der Waals surface area contributed by atoms with Crippen molar-refractivity contribution in [3.63, 3.8) is 0 Å². The van der Waals surface area contributed by atoms with Gasteiger partial charge in [0.15, 0.2) is 0 Å². The lowest BCUT2D eigenvalue weighted by molar-refractivity contribution is 0.0944. The molecule has 2 aromatic rings. The van der Waals surface area contributed by atoms with E-state index in [9.17, 15) is 9.59 Å². The molecule has 2 atom stereocenters. The van der Waals surface area contributed by atoms with Gasteiger partial charge in [0.2, 0.25) is 0 Å². The average molecular weight is 406 g/mol. The second kappa shape index (κ2) is 9.81. The Kier molecular flexibility index (Phi) is 7.16. The van der Waals surface area contributed by atoms with Crippen LogP contribution in [0.4, 0.5) is 4.79 Å². The lowest BCUT2D eigenvalue weighted by Gasteiger charge is -2.17. The fraction of sp³-hybridized carbons (Fsp3) is 0.391. The number of nitrogens with one attached hydrogen (secondary N) is 2. The highest BCUT2D eigenvalue weighted by molar-refractivity contribution is 6.12. The first-order valence-electron chi connectivity index (χ1n) is 10.3. The van der Waals surface area contributed by atoms with Crippen LogP contribution < -0.4 is 10.6 Å². The summed E-state index contributed by atoms with van der Waals surface area (Å²) in [5.41, 5.74) is 5.74. The molecule has 0 aromatic heterocycles. The monoisotopic (exact) mass is 406 g/mol. The van der Waals surface area contributed by atoms with E-state index in [4.69, 9.17) is 17.7 Å². The predicted octanol–water partition coefficient (Wildman–Crippen LogP) is 2.85. The zero-order chi connectivity index (χ0) is 21.7. The molecule has 156 valence electrons. The van der Waals surface area contributed by atoms with Crippen LogP contribution in [0.2, 0.25) is 0 Å². The fourth-order valence-corrected chi connectivity index (χ4v) is 3.81. The first-order valence-corrected chi connectivity index (χ1v) is 10.3. The first-order chi connectivity index (χ1) is 14.4. The van der Waals surface area contributed by atoms with E-state index >= 15 is 0 Å². The van der Waals surface area contributed by atoms with Crippen molar-refractivity contribution in [1.82, 2.24) is 10.6 Å². The van der Waals surface area contributed by atoms with Crippen LogP contribution >= 0.6 is 0 Å². The number of hydrogen-bond acceptors (Lipinski definition) is 4. The maximum absolute atomic E-state index is 12.4. The number of carbonyl (C=O) groups excluding carboxylic acids is 2. The molecule has 0 aliphatic heterocycles. The van der Waals surface area contributed by atoms with Crippen molar-refractivity contribution in [1.29, 1.82) is 0 Å². The number of aliphatic hydroxyl groups excluding tert-OH is 1. The number of amides is 2. The Bertz CT molecular complexity index is 931. The Hall–Kier alpha value is -2.80. The molecule has 3 rings (SSSR count). The summed E-state index contributed by atoms with van der Waals surface area (Å²) in [4.78, 5) is 24.5. The summed E-state index contributed by atoms with van der Waals surface area (Å²) in [5, 5.41) is 14.3. The first kappa shape index (κ1) is 21.9. The maximum atomic E-state index is 12.4. The Balaban J connectivity index is 1.84. The Morgan fingerprint density at radius 3 is 2.57 bits per heavy atom. The van der Waals surface area contributed by atoms with Crippen molar-refractivity contribution in [3.05, 3.63) is 58.7 Å². The van der Waals surface area contributed by atoms with Crippen molar-refractivity contribution in [2.45, 2.75) is 38.5 Å². The van der Waals surface area contributed by atoms with E-state index < -0.39 is 12.0 Å². The van der Waals surface area contributed by atoms with E-state index in [1.54, 1.807) is 6.07 Å². The van der Waals surface area contributed by atoms with Gasteiger partial charge in [0.25, 0.3) is 5.91 Å². The molecular weight excluding hydrogens is 379 g/mol. The molecule has 0 bridgehead atoms. The number of rotatable bonds is 8. The van der Waals surface area contributed by atoms with Crippen LogP contribution in [0.3, 0.4) is 0 Å². The number of carbonyl (C=O) groups is 2. The minimum absolute atomic E-state index is 0.118. The highest BCUT2D eigenvalue weighted by atomic mass is 16.5. The van der Waals surface area contributed by atoms with Crippen LogP contribution in [0, 0.1) is 6.92 Å². The molecule has 2 unspecified atom stereocenters. The third-order valence-electron chi connectivity index (χ3n) is 5.24. The topological polar surface area (TPSA) is 87.7 Å². The summed E-state index contributed by atoms with van der Waals surface area (Å²) in [6.45, 7) is 4.24. The number of benzene rings is 2. The van der Waals surface area contributed by atoms with E-state index in [-0.39, 0.29) is 31.6 Å². The Morgan fingerprint density at radius 2 is 1.87 bits per heavy atom. The lowest BCUT2D eigenvalue weighted by Crippen LogP contribution is -2.36. The molecular formula is C23H27BN2O4. The molecule has 1 aliphatic rings. The quantitative estimate of drug-likeness (QED) is 0.589. The van der Waals surface area contributed by atoms with E-state index in [1.807, 2.05) is 32.0 Å². The summed E-state index contributed by atoms with van der Waals surface area (Å²) in [6, 6.07) is 11.7. The number of ether oxygens (including phenoxy) is 1. The summed E-state index contributed by atoms with van der Waals surface area (Å²) in [7, 11) is 5.86. The van der Waals surface area contributed by atoms with Crippen molar-refractivity contribution < 1.29 is 19.4 Å². The molecule has 1 aliphatic carbocycles. The Labute approximate surface area is 178 Å². The van der Waals surface area contributed by atoms with Crippen molar-refractivity contribution in [2.24, 2.45) is 0 Å². The summed E-state index contributed by atoms with van der Waals surface area (Å²) in [5.74, 6) is -0.856. The summed E-state index contributed by atoms with van der Waals surface area (Å²) in [6.07, 6.45) is 0.997.